The predicted molar refractivity (Wildman–Crippen MR) is 407 cm³/mol. The maximum absolute atomic E-state index is 3.06. The van der Waals surface area contributed by atoms with E-state index in [0.717, 1.165) is 25.7 Å². The van der Waals surface area contributed by atoms with Gasteiger partial charge in [-0.2, -0.15) is 12.1 Å². The molecule has 0 aliphatic heterocycles. The van der Waals surface area contributed by atoms with Gasteiger partial charge in [-0.15, -0.1) is 44.8 Å². The molecular weight excluding hydrogens is 1220 g/mol. The van der Waals surface area contributed by atoms with Crippen LogP contribution in [0.25, 0.3) is 152 Å². The van der Waals surface area contributed by atoms with E-state index in [1.165, 1.54) is 198 Å². The fraction of sp³-hybridized carbons (Fsp3) is 0.0435. The fourth-order valence-electron chi connectivity index (χ4n) is 15.0. The van der Waals surface area contributed by atoms with Crippen LogP contribution in [-0.4, -0.2) is 6.88 Å². The summed E-state index contributed by atoms with van der Waals surface area (Å²) < 4.78 is 0. The minimum Gasteiger partial charge on any atom is -0.164 e. The molecule has 0 amide bonds. The van der Waals surface area contributed by atoms with Crippen molar-refractivity contribution < 1.29 is 23.3 Å². The zero-order valence-electron chi connectivity index (χ0n) is 53.0. The Labute approximate surface area is 568 Å². The van der Waals surface area contributed by atoms with Gasteiger partial charge in [0, 0.05) is 0 Å². The average Bonchev–Trinajstić information content (AvgIpc) is 1.27. The molecule has 0 spiro atoms. The summed E-state index contributed by atoms with van der Waals surface area (Å²) in [6.07, 6.45) is 4.06. The number of rotatable bonds is 10. The van der Waals surface area contributed by atoms with Crippen LogP contribution in [0.1, 0.15) is 22.3 Å². The molecule has 0 N–H and O–H groups in total. The summed E-state index contributed by atoms with van der Waals surface area (Å²) in [6.45, 7) is 3.06. The molecule has 0 aromatic heterocycles. The van der Waals surface area contributed by atoms with E-state index < -0.39 is 0 Å². The summed E-state index contributed by atoms with van der Waals surface area (Å²) in [5.41, 5.74) is 16.0. The molecule has 0 aliphatic rings. The third kappa shape index (κ3) is 11.3. The number of aryl methyl sites for hydroxylation is 4. The Morgan fingerprint density at radius 2 is 0.426 bits per heavy atom. The molecule has 0 unspecified atom stereocenters. The third-order valence-corrected chi connectivity index (χ3v) is 19.1. The Bertz CT molecular complexity index is 4920. The monoisotopic (exact) mass is 1290 g/mol. The van der Waals surface area contributed by atoms with Gasteiger partial charge < -0.3 is 14.9 Å². The smallest absolute Gasteiger partial charge is 0.0107 e. The second-order valence-corrected chi connectivity index (χ2v) is 24.4. The summed E-state index contributed by atoms with van der Waals surface area (Å²) >= 11 is 1.36. The van der Waals surface area contributed by atoms with E-state index in [4.69, 9.17) is 0 Å². The van der Waals surface area contributed by atoms with Crippen molar-refractivity contribution in [2.75, 3.05) is 0 Å². The first kappa shape index (κ1) is 61.4. The number of benzene rings is 16. The van der Waals surface area contributed by atoms with E-state index in [2.05, 4.69) is 334 Å². The second kappa shape index (κ2) is 26.9. The summed E-state index contributed by atoms with van der Waals surface area (Å²) in [4.78, 5) is 0. The van der Waals surface area contributed by atoms with E-state index in [1.54, 1.807) is 0 Å². The number of hydrogen-bond donors (Lipinski definition) is 0. The van der Waals surface area contributed by atoms with Crippen molar-refractivity contribution in [3.8, 4) is 44.5 Å². The molecule has 0 heterocycles. The molecule has 0 aliphatic carbocycles. The van der Waals surface area contributed by atoms with Gasteiger partial charge in [-0.3, -0.25) is 0 Å². The Morgan fingerprint density at radius 3 is 0.681 bits per heavy atom. The van der Waals surface area contributed by atoms with Gasteiger partial charge in [-0.05, 0) is 170 Å². The Morgan fingerprint density at radius 1 is 0.213 bits per heavy atom. The molecule has 2 radical (unpaired) electrons. The van der Waals surface area contributed by atoms with Gasteiger partial charge >= 0.3 is 30.2 Å². The molecular formula is C92H68SiZr-4. The van der Waals surface area contributed by atoms with Gasteiger partial charge in [0.2, 0.25) is 0 Å². The number of hydrogen-bond acceptors (Lipinski definition) is 0. The first-order valence-corrected chi connectivity index (χ1v) is 36.2. The van der Waals surface area contributed by atoms with Crippen LogP contribution < -0.4 is 0 Å². The molecule has 18 aromatic carbocycles. The van der Waals surface area contributed by atoms with Crippen LogP contribution in [0, 0.1) is 14.9 Å². The van der Waals surface area contributed by atoms with Crippen LogP contribution in [0.3, 0.4) is 0 Å². The SMILES string of the molecule is [CH3-].[CH3-].[Si]=[Zr].c1ccc(CCc2cc3c(-c4c5ccccc5cc5ccccc45)ccc(-c4c5ccccc5cc5ccccc45)c3[cH-]2)cc1.c1ccc(CCc2cc3c(-c4c5ccccc5cc5ccccc45)ccc(-c4c5ccccc5cc5ccccc45)c3[cH-]2)cc1. The van der Waals surface area contributed by atoms with Crippen molar-refractivity contribution in [2.45, 2.75) is 25.7 Å². The number of fused-ring (bicyclic) bond motifs is 10. The summed E-state index contributed by atoms with van der Waals surface area (Å²) in [5.74, 6) is 0. The maximum Gasteiger partial charge on any atom is -0.0107 e. The van der Waals surface area contributed by atoms with Crippen LogP contribution in [0.2, 0.25) is 0 Å². The Hall–Kier alpha value is -10.1. The molecule has 18 rings (SSSR count). The van der Waals surface area contributed by atoms with Gasteiger partial charge in [0.1, 0.15) is 0 Å². The van der Waals surface area contributed by atoms with Crippen LogP contribution in [0.15, 0.2) is 328 Å². The van der Waals surface area contributed by atoms with Crippen LogP contribution in [-0.2, 0) is 49.0 Å². The molecule has 0 atom stereocenters. The average molecular weight is 1290 g/mol. The quantitative estimate of drug-likeness (QED) is 0.0727. The first-order chi connectivity index (χ1) is 45.6. The molecule has 94 heavy (non-hydrogen) atoms. The fourth-order valence-corrected chi connectivity index (χ4v) is 15.0. The summed E-state index contributed by atoms with van der Waals surface area (Å²) in [6, 6.07) is 121. The van der Waals surface area contributed by atoms with E-state index in [0.29, 0.717) is 0 Å². The van der Waals surface area contributed by atoms with E-state index in [-0.39, 0.29) is 14.9 Å². The zero-order valence-corrected chi connectivity index (χ0v) is 56.5. The summed E-state index contributed by atoms with van der Waals surface area (Å²) in [7, 11) is 0. The largest absolute Gasteiger partial charge is 0.164 e. The van der Waals surface area contributed by atoms with E-state index in [1.807, 2.05) is 0 Å². The molecule has 2 heteroatoms. The molecule has 0 nitrogen and oxygen atoms in total. The van der Waals surface area contributed by atoms with Crippen LogP contribution in [0.4, 0.5) is 0 Å². The molecule has 0 bridgehead atoms. The normalized spacial score (nSPS) is 11.3. The molecule has 0 fully saturated rings. The van der Waals surface area contributed by atoms with Gasteiger partial charge in [0.25, 0.3) is 0 Å². The van der Waals surface area contributed by atoms with Gasteiger partial charge in [-0.25, -0.2) is 0 Å². The summed E-state index contributed by atoms with van der Waals surface area (Å²) in [5, 5.41) is 25.9. The topological polar surface area (TPSA) is 0 Å². The van der Waals surface area contributed by atoms with Crippen LogP contribution >= 0.6 is 0 Å². The zero-order chi connectivity index (χ0) is 61.5. The predicted octanol–water partition coefficient (Wildman–Crippen LogP) is 25.1. The van der Waals surface area contributed by atoms with Crippen molar-refractivity contribution in [1.29, 1.82) is 0 Å². The Balaban J connectivity index is 0.000000155. The molecule has 18 aromatic rings. The minimum atomic E-state index is 0. The third-order valence-electron chi connectivity index (χ3n) is 19.1. The van der Waals surface area contributed by atoms with E-state index >= 15 is 0 Å². The van der Waals surface area contributed by atoms with Crippen LogP contribution in [0.5, 0.6) is 0 Å². The Kier molecular flexibility index (Phi) is 17.6. The first-order valence-electron chi connectivity index (χ1n) is 32.0. The van der Waals surface area contributed by atoms with E-state index in [9.17, 15) is 0 Å². The molecule has 0 saturated heterocycles. The van der Waals surface area contributed by atoms with Crippen molar-refractivity contribution in [2.24, 2.45) is 0 Å². The molecule has 448 valence electrons. The van der Waals surface area contributed by atoms with Gasteiger partial charge in [0.05, 0.1) is 0 Å². The van der Waals surface area contributed by atoms with Gasteiger partial charge in [0.15, 0.2) is 0 Å². The van der Waals surface area contributed by atoms with Crippen molar-refractivity contribution in [3.05, 3.63) is 365 Å². The standard InChI is InChI=1S/2C45H31.2CH3.Si.Zr/c2*1-2-12-30(13-3-1)22-23-31-26-42-40(44-36-18-8-4-14-32(36)28-33-15-5-9-19-37(33)44)24-25-41(43(42)27-31)45-38-20-10-6-16-34(38)29-35-17-7-11-21-39(35)45;;;;/h2*1-21,24-29H,22-23H2;2*1H3;;/q4*-1;;. The second-order valence-electron chi connectivity index (χ2n) is 24.4. The van der Waals surface area contributed by atoms with Crippen molar-refractivity contribution in [3.63, 3.8) is 0 Å². The van der Waals surface area contributed by atoms with Gasteiger partial charge in [-0.1, -0.05) is 301 Å². The molecule has 0 saturated carbocycles. The maximum atomic E-state index is 3.06. The van der Waals surface area contributed by atoms with Crippen molar-refractivity contribution >= 4 is 115 Å². The van der Waals surface area contributed by atoms with Crippen molar-refractivity contribution in [1.82, 2.24) is 0 Å². The minimum absolute atomic E-state index is 0.